The second kappa shape index (κ2) is 6.18. The highest BCUT2D eigenvalue weighted by Gasteiger charge is 1.99. The van der Waals surface area contributed by atoms with Crippen molar-refractivity contribution in [2.24, 2.45) is 5.10 Å². The minimum absolute atomic E-state index is 0.412. The minimum Gasteiger partial charge on any atom is -0.306 e. The summed E-state index contributed by atoms with van der Waals surface area (Å²) in [7, 11) is 0. The van der Waals surface area contributed by atoms with E-state index in [2.05, 4.69) is 15.8 Å². The zero-order valence-electron chi connectivity index (χ0n) is 9.26. The number of carbonyl (C=O) groups is 1. The largest absolute Gasteiger partial charge is 0.339 e. The third-order valence-corrected chi connectivity index (χ3v) is 3.03. The number of urea groups is 1. The maximum Gasteiger partial charge on any atom is 0.339 e. The van der Waals surface area contributed by atoms with Crippen molar-refractivity contribution >= 4 is 40.9 Å². The number of rotatable bonds is 3. The number of hydrogen-bond acceptors (Lipinski definition) is 3. The van der Waals surface area contributed by atoms with E-state index in [1.165, 1.54) is 0 Å². The van der Waals surface area contributed by atoms with E-state index in [4.69, 9.17) is 11.6 Å². The number of thiophene rings is 1. The molecule has 18 heavy (non-hydrogen) atoms. The predicted octanol–water partition coefficient (Wildman–Crippen LogP) is 3.56. The summed E-state index contributed by atoms with van der Waals surface area (Å²) in [5.41, 5.74) is 2.99. The number of hydrogen-bond donors (Lipinski definition) is 2. The van der Waals surface area contributed by atoms with Gasteiger partial charge in [0, 0.05) is 15.6 Å². The Labute approximate surface area is 113 Å². The lowest BCUT2D eigenvalue weighted by molar-refractivity contribution is 0.252. The number of benzene rings is 1. The van der Waals surface area contributed by atoms with Crippen molar-refractivity contribution < 1.29 is 4.79 Å². The van der Waals surface area contributed by atoms with Crippen LogP contribution in [0, 0.1) is 0 Å². The summed E-state index contributed by atoms with van der Waals surface area (Å²) in [4.78, 5) is 12.4. The molecule has 1 aromatic heterocycles. The van der Waals surface area contributed by atoms with Gasteiger partial charge in [-0.1, -0.05) is 23.7 Å². The van der Waals surface area contributed by atoms with Crippen molar-refractivity contribution in [2.75, 3.05) is 5.32 Å². The molecule has 0 unspecified atom stereocenters. The molecule has 2 aromatic rings. The Morgan fingerprint density at radius 1 is 1.33 bits per heavy atom. The number of amides is 2. The SMILES string of the molecule is O=C(NN=Cc1cccs1)Nc1cccc(Cl)c1. The lowest BCUT2D eigenvalue weighted by Crippen LogP contribution is -2.24. The molecular formula is C12H10ClN3OS. The van der Waals surface area contributed by atoms with E-state index in [1.54, 1.807) is 41.8 Å². The number of carbonyl (C=O) groups excluding carboxylic acids is 1. The highest BCUT2D eigenvalue weighted by atomic mass is 35.5. The standard InChI is InChI=1S/C12H10ClN3OS/c13-9-3-1-4-10(7-9)15-12(17)16-14-8-11-5-2-6-18-11/h1-8H,(H2,15,16,17). The Balaban J connectivity index is 1.86. The zero-order chi connectivity index (χ0) is 12.8. The van der Waals surface area contributed by atoms with Crippen molar-refractivity contribution in [3.05, 3.63) is 51.7 Å². The number of halogens is 1. The number of nitrogens with zero attached hydrogens (tertiary/aromatic N) is 1. The molecule has 0 aliphatic carbocycles. The van der Waals surface area contributed by atoms with Gasteiger partial charge in [-0.3, -0.25) is 0 Å². The molecule has 6 heteroatoms. The van der Waals surface area contributed by atoms with Crippen molar-refractivity contribution in [1.29, 1.82) is 0 Å². The maximum atomic E-state index is 11.5. The van der Waals surface area contributed by atoms with Crippen LogP contribution in [0.15, 0.2) is 46.9 Å². The second-order valence-corrected chi connectivity index (χ2v) is 4.77. The van der Waals surface area contributed by atoms with Crippen LogP contribution in [0.4, 0.5) is 10.5 Å². The first-order valence-corrected chi connectivity index (χ1v) is 6.39. The lowest BCUT2D eigenvalue weighted by atomic mass is 10.3. The van der Waals surface area contributed by atoms with Crippen LogP contribution in [0.3, 0.4) is 0 Å². The molecule has 0 saturated heterocycles. The van der Waals surface area contributed by atoms with E-state index in [0.29, 0.717) is 10.7 Å². The molecule has 0 spiro atoms. The second-order valence-electron chi connectivity index (χ2n) is 3.35. The number of nitrogens with one attached hydrogen (secondary N) is 2. The Morgan fingerprint density at radius 3 is 2.94 bits per heavy atom. The molecule has 0 radical (unpaired) electrons. The Kier molecular flexibility index (Phi) is 4.33. The summed E-state index contributed by atoms with van der Waals surface area (Å²) in [5.74, 6) is 0. The average molecular weight is 280 g/mol. The van der Waals surface area contributed by atoms with Crippen LogP contribution in [0.2, 0.25) is 5.02 Å². The van der Waals surface area contributed by atoms with Gasteiger partial charge in [-0.15, -0.1) is 11.3 Å². The molecule has 0 aliphatic rings. The molecule has 1 heterocycles. The quantitative estimate of drug-likeness (QED) is 0.655. The molecule has 0 saturated carbocycles. The van der Waals surface area contributed by atoms with Gasteiger partial charge >= 0.3 is 6.03 Å². The van der Waals surface area contributed by atoms with E-state index in [-0.39, 0.29) is 0 Å². The van der Waals surface area contributed by atoms with Gasteiger partial charge in [-0.25, -0.2) is 10.2 Å². The normalized spacial score (nSPS) is 10.5. The topological polar surface area (TPSA) is 53.5 Å². The molecule has 1 aromatic carbocycles. The van der Waals surface area contributed by atoms with Crippen LogP contribution in [-0.2, 0) is 0 Å². The van der Waals surface area contributed by atoms with Gasteiger partial charge in [0.15, 0.2) is 0 Å². The summed E-state index contributed by atoms with van der Waals surface area (Å²) < 4.78 is 0. The van der Waals surface area contributed by atoms with E-state index in [0.717, 1.165) is 4.88 Å². The Morgan fingerprint density at radius 2 is 2.22 bits per heavy atom. The Hall–Kier alpha value is -1.85. The van der Waals surface area contributed by atoms with Gasteiger partial charge in [0.1, 0.15) is 0 Å². The summed E-state index contributed by atoms with van der Waals surface area (Å²) >= 11 is 7.34. The summed E-state index contributed by atoms with van der Waals surface area (Å²) in [6, 6.07) is 10.3. The lowest BCUT2D eigenvalue weighted by Gasteiger charge is -2.03. The minimum atomic E-state index is -0.412. The Bertz CT molecular complexity index is 554. The van der Waals surface area contributed by atoms with Gasteiger partial charge in [0.05, 0.1) is 6.21 Å². The average Bonchev–Trinajstić information content (AvgIpc) is 2.82. The fourth-order valence-electron chi connectivity index (χ4n) is 1.24. The molecule has 2 rings (SSSR count). The number of anilines is 1. The monoisotopic (exact) mass is 279 g/mol. The zero-order valence-corrected chi connectivity index (χ0v) is 10.8. The highest BCUT2D eigenvalue weighted by molar-refractivity contribution is 7.11. The first kappa shape index (κ1) is 12.6. The van der Waals surface area contributed by atoms with Crippen molar-refractivity contribution in [3.8, 4) is 0 Å². The summed E-state index contributed by atoms with van der Waals surface area (Å²) in [5, 5.41) is 8.94. The van der Waals surface area contributed by atoms with Crippen LogP contribution in [0.5, 0.6) is 0 Å². The first-order chi connectivity index (χ1) is 8.74. The maximum absolute atomic E-state index is 11.5. The molecule has 0 fully saturated rings. The van der Waals surface area contributed by atoms with Crippen molar-refractivity contribution in [2.45, 2.75) is 0 Å². The van der Waals surface area contributed by atoms with Crippen LogP contribution in [-0.4, -0.2) is 12.2 Å². The van der Waals surface area contributed by atoms with E-state index in [9.17, 15) is 4.79 Å². The van der Waals surface area contributed by atoms with Gasteiger partial charge in [0.2, 0.25) is 0 Å². The van der Waals surface area contributed by atoms with Crippen molar-refractivity contribution in [3.63, 3.8) is 0 Å². The molecule has 0 bridgehead atoms. The van der Waals surface area contributed by atoms with Crippen LogP contribution < -0.4 is 10.7 Å². The van der Waals surface area contributed by atoms with Gasteiger partial charge in [-0.2, -0.15) is 5.10 Å². The third-order valence-electron chi connectivity index (χ3n) is 1.98. The number of hydrazone groups is 1. The van der Waals surface area contributed by atoms with Gasteiger partial charge in [-0.05, 0) is 29.6 Å². The fraction of sp³-hybridized carbons (Fsp3) is 0. The third kappa shape index (κ3) is 3.87. The molecule has 0 atom stereocenters. The molecule has 2 N–H and O–H groups in total. The van der Waals surface area contributed by atoms with Crippen LogP contribution in [0.25, 0.3) is 0 Å². The molecule has 0 aliphatic heterocycles. The van der Waals surface area contributed by atoms with E-state index >= 15 is 0 Å². The van der Waals surface area contributed by atoms with Crippen molar-refractivity contribution in [1.82, 2.24) is 5.43 Å². The fourth-order valence-corrected chi connectivity index (χ4v) is 2.02. The van der Waals surface area contributed by atoms with Crippen LogP contribution >= 0.6 is 22.9 Å². The first-order valence-electron chi connectivity index (χ1n) is 5.13. The molecule has 92 valence electrons. The van der Waals surface area contributed by atoms with E-state index in [1.807, 2.05) is 17.5 Å². The van der Waals surface area contributed by atoms with Crippen LogP contribution in [0.1, 0.15) is 4.88 Å². The summed E-state index contributed by atoms with van der Waals surface area (Å²) in [6.45, 7) is 0. The van der Waals surface area contributed by atoms with E-state index < -0.39 is 6.03 Å². The smallest absolute Gasteiger partial charge is 0.306 e. The van der Waals surface area contributed by atoms with Gasteiger partial charge < -0.3 is 5.32 Å². The molecular weight excluding hydrogens is 270 g/mol. The highest BCUT2D eigenvalue weighted by Crippen LogP contribution is 2.14. The molecule has 4 nitrogen and oxygen atoms in total. The summed E-state index contributed by atoms with van der Waals surface area (Å²) in [6.07, 6.45) is 1.59. The predicted molar refractivity (Wildman–Crippen MR) is 75.5 cm³/mol. The van der Waals surface area contributed by atoms with Gasteiger partial charge in [0.25, 0.3) is 0 Å². The molecule has 2 amide bonds.